The Morgan fingerprint density at radius 1 is 1.26 bits per heavy atom. The third-order valence-electron chi connectivity index (χ3n) is 3.29. The van der Waals surface area contributed by atoms with Crippen LogP contribution in [0.5, 0.6) is 0 Å². The summed E-state index contributed by atoms with van der Waals surface area (Å²) >= 11 is 7.05. The van der Waals surface area contributed by atoms with Gasteiger partial charge >= 0.3 is 6.18 Å². The number of ether oxygens (including phenoxy) is 1. The van der Waals surface area contributed by atoms with Crippen LogP contribution < -0.4 is 5.73 Å². The number of halogens is 4. The van der Waals surface area contributed by atoms with Gasteiger partial charge in [0.05, 0.1) is 16.0 Å². The highest BCUT2D eigenvalue weighted by atomic mass is 35.5. The fourth-order valence-corrected chi connectivity index (χ4v) is 3.29. The van der Waals surface area contributed by atoms with E-state index in [4.69, 9.17) is 22.1 Å². The zero-order valence-corrected chi connectivity index (χ0v) is 12.9. The molecule has 1 aliphatic rings. The lowest BCUT2D eigenvalue weighted by Gasteiger charge is -2.10. The van der Waals surface area contributed by atoms with Crippen molar-refractivity contribution in [3.8, 4) is 0 Å². The summed E-state index contributed by atoms with van der Waals surface area (Å²) in [6.07, 6.45) is -5.51. The van der Waals surface area contributed by atoms with E-state index in [1.54, 1.807) is 17.5 Å². The highest BCUT2D eigenvalue weighted by molar-refractivity contribution is 7.10. The summed E-state index contributed by atoms with van der Waals surface area (Å²) in [7, 11) is 0. The number of thiophene rings is 1. The number of alkyl halides is 3. The molecule has 0 bridgehead atoms. The van der Waals surface area contributed by atoms with Crippen molar-refractivity contribution in [2.75, 3.05) is 0 Å². The molecule has 1 atom stereocenters. The minimum atomic E-state index is -4.58. The molecule has 8 heteroatoms. The molecule has 0 saturated carbocycles. The molecule has 2 heterocycles. The van der Waals surface area contributed by atoms with Crippen LogP contribution in [0.3, 0.4) is 0 Å². The number of hydrogen-bond donors (Lipinski definition) is 1. The number of benzene rings is 1. The van der Waals surface area contributed by atoms with Crippen LogP contribution in [-0.4, -0.2) is 5.78 Å². The summed E-state index contributed by atoms with van der Waals surface area (Å²) in [5.74, 6) is -0.691. The van der Waals surface area contributed by atoms with E-state index < -0.39 is 23.6 Å². The molecule has 0 saturated heterocycles. The summed E-state index contributed by atoms with van der Waals surface area (Å²) in [4.78, 5) is 13.1. The summed E-state index contributed by atoms with van der Waals surface area (Å²) < 4.78 is 44.1. The fraction of sp³-hybridized carbons (Fsp3) is 0.133. The largest absolute Gasteiger partial charge is 0.461 e. The van der Waals surface area contributed by atoms with E-state index in [0.29, 0.717) is 4.88 Å². The smallest absolute Gasteiger partial charge is 0.416 e. The van der Waals surface area contributed by atoms with Crippen LogP contribution in [0.15, 0.2) is 41.6 Å². The van der Waals surface area contributed by atoms with E-state index in [9.17, 15) is 18.0 Å². The number of ketones is 1. The lowest BCUT2D eigenvalue weighted by atomic mass is 9.98. The molecular formula is C15H9ClF3NO2S. The molecule has 3 nitrogen and oxygen atoms in total. The van der Waals surface area contributed by atoms with E-state index >= 15 is 0 Å². The zero-order chi connectivity index (χ0) is 16.8. The maximum atomic E-state index is 12.9. The molecule has 1 unspecified atom stereocenters. The van der Waals surface area contributed by atoms with E-state index in [1.165, 1.54) is 17.4 Å². The topological polar surface area (TPSA) is 52.3 Å². The van der Waals surface area contributed by atoms with Gasteiger partial charge in [0, 0.05) is 5.02 Å². The third kappa shape index (κ3) is 2.94. The highest BCUT2D eigenvalue weighted by Crippen LogP contribution is 2.40. The predicted octanol–water partition coefficient (Wildman–Crippen LogP) is 4.39. The average Bonchev–Trinajstić information content (AvgIpc) is 3.05. The Bertz CT molecular complexity index is 800. The van der Waals surface area contributed by atoms with Gasteiger partial charge in [-0.2, -0.15) is 13.2 Å². The van der Waals surface area contributed by atoms with Crippen LogP contribution in [0.25, 0.3) is 5.57 Å². The van der Waals surface area contributed by atoms with Gasteiger partial charge in [0.2, 0.25) is 5.78 Å². The van der Waals surface area contributed by atoms with Gasteiger partial charge in [0.1, 0.15) is 0 Å². The number of rotatable bonds is 2. The Hall–Kier alpha value is -1.99. The van der Waals surface area contributed by atoms with Crippen molar-refractivity contribution in [1.29, 1.82) is 0 Å². The Morgan fingerprint density at radius 3 is 2.61 bits per heavy atom. The van der Waals surface area contributed by atoms with Gasteiger partial charge in [-0.3, -0.25) is 4.79 Å². The van der Waals surface area contributed by atoms with Gasteiger partial charge in [-0.1, -0.05) is 17.7 Å². The molecule has 0 radical (unpaired) electrons. The normalized spacial score (nSPS) is 18.4. The second-order valence-electron chi connectivity index (χ2n) is 4.84. The SMILES string of the molecule is NC1=C(c2cc(Cl)cc(C(F)(F)F)c2)C(=O)C(c2cccs2)O1. The average molecular weight is 360 g/mol. The van der Waals surface area contributed by atoms with Crippen LogP contribution in [0.1, 0.15) is 22.1 Å². The van der Waals surface area contributed by atoms with Gasteiger partial charge in [0.15, 0.2) is 12.0 Å². The standard InChI is InChI=1S/C15H9ClF3NO2S/c16-9-5-7(4-8(6-9)15(17,18)19)11-12(21)13(22-14(11)20)10-2-1-3-23-10/h1-6,13H,20H2. The number of nitrogens with two attached hydrogens (primary N) is 1. The summed E-state index contributed by atoms with van der Waals surface area (Å²) in [6.45, 7) is 0. The molecule has 3 rings (SSSR count). The molecule has 2 aromatic rings. The first-order valence-corrected chi connectivity index (χ1v) is 7.65. The quantitative estimate of drug-likeness (QED) is 0.865. The third-order valence-corrected chi connectivity index (χ3v) is 4.42. The van der Waals surface area contributed by atoms with Gasteiger partial charge in [-0.05, 0) is 35.2 Å². The molecule has 2 N–H and O–H groups in total. The lowest BCUT2D eigenvalue weighted by molar-refractivity contribution is -0.137. The van der Waals surface area contributed by atoms with Crippen LogP contribution in [0.4, 0.5) is 13.2 Å². The Morgan fingerprint density at radius 2 is 2.00 bits per heavy atom. The van der Waals surface area contributed by atoms with Crippen molar-refractivity contribution in [3.63, 3.8) is 0 Å². The minimum Gasteiger partial charge on any atom is -0.461 e. The molecule has 0 fully saturated rings. The maximum Gasteiger partial charge on any atom is 0.416 e. The number of carbonyl (C=O) groups excluding carboxylic acids is 1. The predicted molar refractivity (Wildman–Crippen MR) is 80.7 cm³/mol. The van der Waals surface area contributed by atoms with Gasteiger partial charge in [-0.25, -0.2) is 0 Å². The summed E-state index contributed by atoms with van der Waals surface area (Å²) in [5, 5.41) is 1.63. The lowest BCUT2D eigenvalue weighted by Crippen LogP contribution is -2.09. The molecular weight excluding hydrogens is 351 g/mol. The molecule has 23 heavy (non-hydrogen) atoms. The molecule has 1 aromatic carbocycles. The second-order valence-corrected chi connectivity index (χ2v) is 6.26. The Kier molecular flexibility index (Phi) is 3.85. The molecule has 120 valence electrons. The van der Waals surface area contributed by atoms with Crippen molar-refractivity contribution >= 4 is 34.3 Å². The maximum absolute atomic E-state index is 12.9. The number of Topliss-reactive ketones (excluding diaryl/α,β-unsaturated/α-hetero) is 1. The highest BCUT2D eigenvalue weighted by Gasteiger charge is 2.38. The van der Waals surface area contributed by atoms with Crippen molar-refractivity contribution in [2.24, 2.45) is 5.73 Å². The van der Waals surface area contributed by atoms with Gasteiger partial charge < -0.3 is 10.5 Å². The second kappa shape index (κ2) is 5.58. The molecule has 0 amide bonds. The first-order chi connectivity index (χ1) is 10.8. The first-order valence-electron chi connectivity index (χ1n) is 6.39. The van der Waals surface area contributed by atoms with Gasteiger partial charge in [-0.15, -0.1) is 11.3 Å². The van der Waals surface area contributed by atoms with Crippen LogP contribution in [0, 0.1) is 0 Å². The zero-order valence-electron chi connectivity index (χ0n) is 11.4. The Labute approximate surface area is 138 Å². The van der Waals surface area contributed by atoms with Crippen molar-refractivity contribution < 1.29 is 22.7 Å². The van der Waals surface area contributed by atoms with E-state index in [2.05, 4.69) is 0 Å². The van der Waals surface area contributed by atoms with Crippen molar-refractivity contribution in [1.82, 2.24) is 0 Å². The Balaban J connectivity index is 2.03. The summed E-state index contributed by atoms with van der Waals surface area (Å²) in [5.41, 5.74) is 4.68. The molecule has 0 aliphatic carbocycles. The minimum absolute atomic E-state index is 0.00798. The van der Waals surface area contributed by atoms with Crippen molar-refractivity contribution in [2.45, 2.75) is 12.3 Å². The van der Waals surface area contributed by atoms with Crippen molar-refractivity contribution in [3.05, 3.63) is 62.6 Å². The van der Waals surface area contributed by atoms with E-state index in [-0.39, 0.29) is 22.0 Å². The molecule has 1 aromatic heterocycles. The molecule has 0 spiro atoms. The van der Waals surface area contributed by atoms with E-state index in [1.807, 2.05) is 0 Å². The van der Waals surface area contributed by atoms with Crippen LogP contribution in [0.2, 0.25) is 5.02 Å². The fourth-order valence-electron chi connectivity index (χ4n) is 2.30. The van der Waals surface area contributed by atoms with E-state index in [0.717, 1.165) is 12.1 Å². The first kappa shape index (κ1) is 15.9. The number of hydrogen-bond acceptors (Lipinski definition) is 4. The van der Waals surface area contributed by atoms with Crippen LogP contribution in [-0.2, 0) is 15.7 Å². The monoisotopic (exact) mass is 359 g/mol. The van der Waals surface area contributed by atoms with Crippen LogP contribution >= 0.6 is 22.9 Å². The summed E-state index contributed by atoms with van der Waals surface area (Å²) in [6, 6.07) is 6.33. The molecule has 1 aliphatic heterocycles. The number of carbonyl (C=O) groups is 1. The van der Waals surface area contributed by atoms with Gasteiger partial charge in [0.25, 0.3) is 0 Å².